The molecule has 98 valence electrons. The summed E-state index contributed by atoms with van der Waals surface area (Å²) in [5.74, 6) is 1.58. The minimum absolute atomic E-state index is 0.121. The van der Waals surface area contributed by atoms with E-state index in [1.54, 1.807) is 6.26 Å². The van der Waals surface area contributed by atoms with Gasteiger partial charge in [0.05, 0.1) is 6.04 Å². The predicted molar refractivity (Wildman–Crippen MR) is 76.2 cm³/mol. The van der Waals surface area contributed by atoms with Gasteiger partial charge in [-0.3, -0.25) is 4.21 Å². The number of para-hydroxylation sites is 1. The number of rotatable bonds is 5. The first kappa shape index (κ1) is 13.3. The quantitative estimate of drug-likeness (QED) is 0.904. The third-order valence-corrected chi connectivity index (χ3v) is 3.86. The van der Waals surface area contributed by atoms with E-state index in [4.69, 9.17) is 4.42 Å². The van der Waals surface area contributed by atoms with Crippen LogP contribution in [0, 0.1) is 0 Å². The van der Waals surface area contributed by atoms with Crippen molar-refractivity contribution >= 4 is 21.8 Å². The Bertz CT molecular complexity index is 516. The molecule has 1 heterocycles. The van der Waals surface area contributed by atoms with Crippen molar-refractivity contribution in [3.63, 3.8) is 0 Å². The molecule has 0 saturated heterocycles. The lowest BCUT2D eigenvalue weighted by atomic mass is 10.2. The molecule has 3 nitrogen and oxygen atoms in total. The average molecular weight is 265 g/mol. The molecule has 0 aliphatic carbocycles. The van der Waals surface area contributed by atoms with Gasteiger partial charge >= 0.3 is 0 Å². The van der Waals surface area contributed by atoms with Crippen LogP contribution in [0.15, 0.2) is 34.7 Å². The van der Waals surface area contributed by atoms with Crippen LogP contribution in [-0.2, 0) is 10.8 Å². The van der Waals surface area contributed by atoms with E-state index < -0.39 is 10.8 Å². The highest BCUT2D eigenvalue weighted by atomic mass is 32.2. The van der Waals surface area contributed by atoms with Crippen LogP contribution in [-0.4, -0.2) is 22.3 Å². The highest BCUT2D eigenvalue weighted by Crippen LogP contribution is 2.23. The molecule has 1 aromatic carbocycles. The second-order valence-corrected chi connectivity index (χ2v) is 6.20. The second-order valence-electron chi connectivity index (χ2n) is 4.72. The largest absolute Gasteiger partial charge is 0.459 e. The number of benzene rings is 1. The van der Waals surface area contributed by atoms with E-state index in [1.807, 2.05) is 31.2 Å². The predicted octanol–water partition coefficient (Wildman–Crippen LogP) is 2.85. The van der Waals surface area contributed by atoms with Crippen LogP contribution in [0.5, 0.6) is 0 Å². The summed E-state index contributed by atoms with van der Waals surface area (Å²) in [6.45, 7) is 4.10. The summed E-state index contributed by atoms with van der Waals surface area (Å²) in [7, 11) is -0.776. The summed E-state index contributed by atoms with van der Waals surface area (Å²) in [6.07, 6.45) is 1.73. The van der Waals surface area contributed by atoms with Crippen molar-refractivity contribution in [2.24, 2.45) is 0 Å². The molecular weight excluding hydrogens is 246 g/mol. The summed E-state index contributed by atoms with van der Waals surface area (Å²) >= 11 is 0. The van der Waals surface area contributed by atoms with Crippen molar-refractivity contribution in [2.45, 2.75) is 25.9 Å². The summed E-state index contributed by atoms with van der Waals surface area (Å²) in [4.78, 5) is 0. The van der Waals surface area contributed by atoms with Crippen LogP contribution >= 0.6 is 0 Å². The van der Waals surface area contributed by atoms with Crippen LogP contribution in [0.1, 0.15) is 25.6 Å². The molecule has 3 unspecified atom stereocenters. The van der Waals surface area contributed by atoms with Gasteiger partial charge in [0.1, 0.15) is 11.3 Å². The maximum absolute atomic E-state index is 11.2. The van der Waals surface area contributed by atoms with Gasteiger partial charge in [-0.1, -0.05) is 18.2 Å². The third-order valence-electron chi connectivity index (χ3n) is 2.89. The summed E-state index contributed by atoms with van der Waals surface area (Å²) in [6, 6.07) is 10.4. The van der Waals surface area contributed by atoms with Gasteiger partial charge in [0, 0.05) is 34.2 Å². The first-order valence-corrected chi connectivity index (χ1v) is 7.83. The summed E-state index contributed by atoms with van der Waals surface area (Å²) < 4.78 is 17.0. The molecule has 1 N–H and O–H groups in total. The van der Waals surface area contributed by atoms with Crippen LogP contribution in [0.25, 0.3) is 11.0 Å². The summed E-state index contributed by atoms with van der Waals surface area (Å²) in [5.41, 5.74) is 0.910. The van der Waals surface area contributed by atoms with Gasteiger partial charge in [-0.2, -0.15) is 0 Å². The lowest BCUT2D eigenvalue weighted by Crippen LogP contribution is -2.33. The molecule has 1 aromatic heterocycles. The highest BCUT2D eigenvalue weighted by Gasteiger charge is 2.14. The van der Waals surface area contributed by atoms with E-state index >= 15 is 0 Å². The molecule has 0 saturated carbocycles. The van der Waals surface area contributed by atoms with Gasteiger partial charge in [-0.25, -0.2) is 0 Å². The number of nitrogens with one attached hydrogen (secondary N) is 1. The van der Waals surface area contributed by atoms with Gasteiger partial charge < -0.3 is 9.73 Å². The zero-order valence-corrected chi connectivity index (χ0v) is 11.8. The number of hydrogen-bond acceptors (Lipinski definition) is 3. The van der Waals surface area contributed by atoms with Crippen LogP contribution in [0.4, 0.5) is 0 Å². The van der Waals surface area contributed by atoms with Gasteiger partial charge in [-0.05, 0) is 26.0 Å². The molecule has 0 aliphatic heterocycles. The molecular formula is C14H19NO2S. The van der Waals surface area contributed by atoms with Crippen molar-refractivity contribution in [3.8, 4) is 0 Å². The Balaban J connectivity index is 2.08. The summed E-state index contributed by atoms with van der Waals surface area (Å²) in [5, 5.41) is 4.52. The Morgan fingerprint density at radius 1 is 1.33 bits per heavy atom. The normalized spacial score (nSPS) is 16.6. The van der Waals surface area contributed by atoms with Crippen molar-refractivity contribution in [1.82, 2.24) is 5.32 Å². The highest BCUT2D eigenvalue weighted by molar-refractivity contribution is 7.84. The first-order chi connectivity index (χ1) is 8.56. The van der Waals surface area contributed by atoms with Crippen molar-refractivity contribution < 1.29 is 8.63 Å². The Morgan fingerprint density at radius 2 is 2.06 bits per heavy atom. The van der Waals surface area contributed by atoms with Crippen LogP contribution in [0.3, 0.4) is 0 Å². The van der Waals surface area contributed by atoms with E-state index in [9.17, 15) is 4.21 Å². The molecule has 3 atom stereocenters. The second kappa shape index (κ2) is 5.67. The van der Waals surface area contributed by atoms with Gasteiger partial charge in [-0.15, -0.1) is 0 Å². The van der Waals surface area contributed by atoms with Crippen LogP contribution < -0.4 is 5.32 Å². The minimum atomic E-state index is -0.776. The number of fused-ring (bicyclic) bond motifs is 1. The number of hydrogen-bond donors (Lipinski definition) is 1. The van der Waals surface area contributed by atoms with Crippen molar-refractivity contribution in [2.75, 3.05) is 12.0 Å². The molecule has 4 heteroatoms. The lowest BCUT2D eigenvalue weighted by Gasteiger charge is -2.17. The minimum Gasteiger partial charge on any atom is -0.459 e. The molecule has 0 radical (unpaired) electrons. The molecule has 0 spiro atoms. The average Bonchev–Trinajstić information content (AvgIpc) is 2.71. The van der Waals surface area contributed by atoms with Crippen molar-refractivity contribution in [3.05, 3.63) is 36.1 Å². The molecule has 2 aromatic rings. The molecule has 0 aliphatic rings. The first-order valence-electron chi connectivity index (χ1n) is 6.11. The zero-order valence-electron chi connectivity index (χ0n) is 11.0. The fourth-order valence-electron chi connectivity index (χ4n) is 2.12. The standard InChI is InChI=1S/C14H19NO2S/c1-10(9-18(3)16)15-11(2)14-8-12-6-4-5-7-13(12)17-14/h4-8,10-11,15H,9H2,1-3H3. The maximum Gasteiger partial charge on any atom is 0.134 e. The molecule has 2 rings (SSSR count). The maximum atomic E-state index is 11.2. The van der Waals surface area contributed by atoms with E-state index in [-0.39, 0.29) is 12.1 Å². The van der Waals surface area contributed by atoms with E-state index in [2.05, 4.69) is 18.3 Å². The van der Waals surface area contributed by atoms with Crippen molar-refractivity contribution in [1.29, 1.82) is 0 Å². The van der Waals surface area contributed by atoms with E-state index in [0.717, 1.165) is 16.7 Å². The molecule has 18 heavy (non-hydrogen) atoms. The topological polar surface area (TPSA) is 42.2 Å². The Kier molecular flexibility index (Phi) is 4.19. The fraction of sp³-hybridized carbons (Fsp3) is 0.429. The van der Waals surface area contributed by atoms with E-state index in [1.165, 1.54) is 0 Å². The Hall–Kier alpha value is -1.13. The fourth-order valence-corrected chi connectivity index (χ4v) is 2.93. The van der Waals surface area contributed by atoms with E-state index in [0.29, 0.717) is 5.75 Å². The third kappa shape index (κ3) is 3.21. The number of furan rings is 1. The SMILES string of the molecule is CC(CS(C)=O)NC(C)c1cc2ccccc2o1. The monoisotopic (exact) mass is 265 g/mol. The Labute approximate surface area is 110 Å². The van der Waals surface area contributed by atoms with Gasteiger partial charge in [0.25, 0.3) is 0 Å². The smallest absolute Gasteiger partial charge is 0.134 e. The van der Waals surface area contributed by atoms with Gasteiger partial charge in [0.2, 0.25) is 0 Å². The molecule has 0 amide bonds. The molecule has 0 bridgehead atoms. The zero-order chi connectivity index (χ0) is 13.1. The van der Waals surface area contributed by atoms with Crippen LogP contribution in [0.2, 0.25) is 0 Å². The lowest BCUT2D eigenvalue weighted by molar-refractivity contribution is 0.425. The molecule has 0 fully saturated rings. The Morgan fingerprint density at radius 3 is 2.72 bits per heavy atom. The van der Waals surface area contributed by atoms with Gasteiger partial charge in [0.15, 0.2) is 0 Å².